The topological polar surface area (TPSA) is 159 Å². The molecule has 0 bridgehead atoms. The van der Waals surface area contributed by atoms with Gasteiger partial charge in [-0.05, 0) is 66.6 Å². The van der Waals surface area contributed by atoms with Crippen LogP contribution in [0.15, 0.2) is 97.5 Å². The lowest BCUT2D eigenvalue weighted by molar-refractivity contribution is -0.136. The van der Waals surface area contributed by atoms with E-state index >= 15 is 0 Å². The van der Waals surface area contributed by atoms with Crippen LogP contribution in [0.3, 0.4) is 0 Å². The van der Waals surface area contributed by atoms with Gasteiger partial charge in [-0.2, -0.15) is 0 Å². The molecule has 62 heavy (non-hydrogen) atoms. The summed E-state index contributed by atoms with van der Waals surface area (Å²) in [6.45, 7) is 3.93. The minimum atomic E-state index is -1.03. The number of piperidine rings is 1. The number of hydrogen-bond donors (Lipinski definition) is 2. The third-order valence-corrected chi connectivity index (χ3v) is 12.4. The Hall–Kier alpha value is -7.08. The van der Waals surface area contributed by atoms with E-state index in [1.807, 2.05) is 48.9 Å². The summed E-state index contributed by atoms with van der Waals surface area (Å²) in [6.07, 6.45) is 6.75. The molecule has 1 unspecified atom stereocenters. The van der Waals surface area contributed by atoms with Crippen molar-refractivity contribution in [2.75, 3.05) is 44.2 Å². The van der Waals surface area contributed by atoms with Crippen LogP contribution in [-0.4, -0.2) is 110 Å². The molecule has 10 rings (SSSR count). The Labute approximate surface area is 357 Å². The molecule has 4 aliphatic rings. The van der Waals surface area contributed by atoms with Gasteiger partial charge in [-0.1, -0.05) is 30.0 Å². The monoisotopic (exact) mass is 829 g/mol. The number of amides is 4. The van der Waals surface area contributed by atoms with E-state index in [4.69, 9.17) is 9.47 Å². The molecule has 14 nitrogen and oxygen atoms in total. The summed E-state index contributed by atoms with van der Waals surface area (Å²) < 4.78 is 14.2. The molecule has 1 saturated carbocycles. The number of aliphatic hydroxyl groups is 1. The number of β-amino-alcohol motifs (C(OH)–C–C–N with tert-alkyl or cyclic N) is 1. The smallest absolute Gasteiger partial charge is 0.262 e. The predicted octanol–water partition coefficient (Wildman–Crippen LogP) is 4.71. The third-order valence-electron chi connectivity index (χ3n) is 12.4. The van der Waals surface area contributed by atoms with Crippen LogP contribution in [0.5, 0.6) is 11.6 Å². The average Bonchev–Trinajstić information content (AvgIpc) is 3.70. The first-order valence-electron chi connectivity index (χ1n) is 20.8. The third kappa shape index (κ3) is 7.39. The van der Waals surface area contributed by atoms with E-state index in [-0.39, 0.29) is 36.7 Å². The van der Waals surface area contributed by atoms with Crippen molar-refractivity contribution in [2.45, 2.75) is 43.4 Å². The second-order valence-corrected chi connectivity index (χ2v) is 16.5. The number of imide groups is 2. The van der Waals surface area contributed by atoms with Crippen LogP contribution in [0.25, 0.3) is 32.9 Å². The number of hydrogen-bond acceptors (Lipinski definition) is 11. The van der Waals surface area contributed by atoms with Gasteiger partial charge in [0.1, 0.15) is 24.5 Å². The number of aryl methyl sites for hydroxylation is 1. The lowest BCUT2D eigenvalue weighted by Gasteiger charge is -2.47. The summed E-state index contributed by atoms with van der Waals surface area (Å²) >= 11 is 0. The number of anilines is 1. The van der Waals surface area contributed by atoms with Crippen LogP contribution in [0, 0.1) is 11.8 Å². The largest absolute Gasteiger partial charge is 0.481 e. The Bertz CT molecular complexity index is 2850. The number of fused-ring (bicyclic) bond motifs is 4. The van der Waals surface area contributed by atoms with Gasteiger partial charge in [0.05, 0.1) is 22.2 Å². The highest BCUT2D eigenvalue weighted by molar-refractivity contribution is 6.23. The van der Waals surface area contributed by atoms with E-state index in [2.05, 4.69) is 78.9 Å². The molecule has 0 radical (unpaired) electrons. The van der Waals surface area contributed by atoms with E-state index < -0.39 is 35.3 Å². The van der Waals surface area contributed by atoms with Gasteiger partial charge in [0.15, 0.2) is 0 Å². The molecule has 312 valence electrons. The fraction of sp³-hybridized carbons (Fsp3) is 0.292. The van der Waals surface area contributed by atoms with Crippen LogP contribution in [0.4, 0.5) is 5.69 Å². The minimum Gasteiger partial charge on any atom is -0.481 e. The van der Waals surface area contributed by atoms with Crippen molar-refractivity contribution < 1.29 is 33.8 Å². The van der Waals surface area contributed by atoms with Gasteiger partial charge in [0.25, 0.3) is 11.8 Å². The van der Waals surface area contributed by atoms with Gasteiger partial charge in [0, 0.05) is 117 Å². The molecule has 6 heterocycles. The molecule has 3 aromatic heterocycles. The number of aromatic nitrogens is 3. The maximum Gasteiger partial charge on any atom is 0.262 e. The molecular formula is C48H43N7O7. The maximum atomic E-state index is 13.1. The standard InChI is InChI=1S/C48H43N7O7/c1-52-40-15-16-49-28-39(40)36-10-7-31(23-42(36)52)32-8-14-44(50-27-32)62-35-25-48(60,26-35)29-53-17-19-54(20-18-53)33-6-2-4-30(22-33)5-3-21-61-34-9-11-37-38(24-34)47(59)55(46(37)58)41-12-13-43(56)51-45(41)57/h2,4,6-11,14-16,22-24,27-28,35,41,60H,12-13,17-21,25-26,29H2,1H3,(H,51,56,57). The Balaban J connectivity index is 0.678. The predicted molar refractivity (Wildman–Crippen MR) is 231 cm³/mol. The van der Waals surface area contributed by atoms with E-state index in [1.165, 1.54) is 17.5 Å². The van der Waals surface area contributed by atoms with Crippen LogP contribution >= 0.6 is 0 Å². The summed E-state index contributed by atoms with van der Waals surface area (Å²) in [4.78, 5) is 64.5. The normalized spacial score (nSPS) is 21.4. The number of piperazine rings is 1. The first-order chi connectivity index (χ1) is 30.1. The molecule has 3 aromatic carbocycles. The zero-order valence-corrected chi connectivity index (χ0v) is 34.0. The van der Waals surface area contributed by atoms with Crippen molar-refractivity contribution in [1.29, 1.82) is 0 Å². The molecular weight excluding hydrogens is 787 g/mol. The molecule has 2 N–H and O–H groups in total. The zero-order chi connectivity index (χ0) is 42.5. The SMILES string of the molecule is Cn1c2ccncc2c2ccc(-c3ccc(OC4CC(O)(CN5CCN(c6cccc(C#CCOc7ccc8c(c7)C(=O)N(C7CCC(=O)NC7=O)C8=O)c6)CC5)C4)nc3)cc21. The van der Waals surface area contributed by atoms with Gasteiger partial charge >= 0.3 is 0 Å². The molecule has 4 amide bonds. The fourth-order valence-corrected chi connectivity index (χ4v) is 9.18. The number of carbonyl (C=O) groups is 4. The lowest BCUT2D eigenvalue weighted by Crippen LogP contribution is -2.59. The Morgan fingerprint density at radius 3 is 2.48 bits per heavy atom. The van der Waals surface area contributed by atoms with Crippen molar-refractivity contribution in [3.63, 3.8) is 0 Å². The second kappa shape index (κ2) is 15.7. The summed E-state index contributed by atoms with van der Waals surface area (Å²) in [5.74, 6) is 4.89. The number of pyridine rings is 2. The molecule has 3 fully saturated rings. The van der Waals surface area contributed by atoms with Gasteiger partial charge in [0.2, 0.25) is 17.7 Å². The Morgan fingerprint density at radius 2 is 1.68 bits per heavy atom. The molecule has 14 heteroatoms. The van der Waals surface area contributed by atoms with Crippen LogP contribution < -0.4 is 19.7 Å². The molecule has 0 spiro atoms. The zero-order valence-electron chi connectivity index (χ0n) is 34.0. The van der Waals surface area contributed by atoms with Crippen molar-refractivity contribution in [3.05, 3.63) is 114 Å². The van der Waals surface area contributed by atoms with E-state index in [0.717, 1.165) is 69.9 Å². The Morgan fingerprint density at radius 1 is 0.855 bits per heavy atom. The molecule has 3 aliphatic heterocycles. The highest BCUT2D eigenvalue weighted by atomic mass is 16.5. The lowest BCUT2D eigenvalue weighted by atomic mass is 9.77. The highest BCUT2D eigenvalue weighted by Crippen LogP contribution is 2.37. The summed E-state index contributed by atoms with van der Waals surface area (Å²) in [7, 11) is 2.07. The van der Waals surface area contributed by atoms with Gasteiger partial charge in [-0.25, -0.2) is 4.98 Å². The first kappa shape index (κ1) is 39.1. The van der Waals surface area contributed by atoms with Crippen LogP contribution in [-0.2, 0) is 16.6 Å². The molecule has 2 saturated heterocycles. The maximum absolute atomic E-state index is 13.1. The average molecular weight is 830 g/mol. The van der Waals surface area contributed by atoms with Gasteiger partial charge in [-0.3, -0.25) is 39.3 Å². The summed E-state index contributed by atoms with van der Waals surface area (Å²) in [5, 5.41) is 15.9. The number of nitrogens with zero attached hydrogens (tertiary/aromatic N) is 6. The number of ether oxygens (including phenoxy) is 2. The summed E-state index contributed by atoms with van der Waals surface area (Å²) in [5.41, 5.74) is 5.83. The number of nitrogens with one attached hydrogen (secondary N) is 1. The van der Waals surface area contributed by atoms with Crippen LogP contribution in [0.1, 0.15) is 52.0 Å². The van der Waals surface area contributed by atoms with Gasteiger partial charge < -0.3 is 24.0 Å². The van der Waals surface area contributed by atoms with Crippen molar-refractivity contribution in [3.8, 4) is 34.6 Å². The van der Waals surface area contributed by atoms with E-state index in [0.29, 0.717) is 31.0 Å². The number of benzene rings is 3. The molecule has 6 aromatic rings. The van der Waals surface area contributed by atoms with Crippen LogP contribution in [0.2, 0.25) is 0 Å². The second-order valence-electron chi connectivity index (χ2n) is 16.5. The highest BCUT2D eigenvalue weighted by Gasteiger charge is 2.46. The number of carbonyl (C=O) groups excluding carboxylic acids is 4. The Kier molecular flexibility index (Phi) is 9.93. The summed E-state index contributed by atoms with van der Waals surface area (Å²) in [6, 6.07) is 24.0. The number of rotatable bonds is 9. The van der Waals surface area contributed by atoms with Crippen molar-refractivity contribution in [2.24, 2.45) is 7.05 Å². The van der Waals surface area contributed by atoms with Crippen molar-refractivity contribution >= 4 is 51.1 Å². The van der Waals surface area contributed by atoms with E-state index in [1.54, 1.807) is 6.07 Å². The fourth-order valence-electron chi connectivity index (χ4n) is 9.18. The van der Waals surface area contributed by atoms with Crippen molar-refractivity contribution in [1.82, 2.24) is 29.7 Å². The first-order valence-corrected chi connectivity index (χ1v) is 20.8. The minimum absolute atomic E-state index is 0.0564. The molecule has 1 aliphatic carbocycles. The molecule has 1 atom stereocenters. The quantitative estimate of drug-likeness (QED) is 0.154. The van der Waals surface area contributed by atoms with E-state index in [9.17, 15) is 24.3 Å². The van der Waals surface area contributed by atoms with Gasteiger partial charge in [-0.15, -0.1) is 0 Å².